The molecular formula is C17H23N5O2. The summed E-state index contributed by atoms with van der Waals surface area (Å²) in [5.74, 6) is 0.539. The first-order valence-electron chi connectivity index (χ1n) is 8.20. The van der Waals surface area contributed by atoms with Gasteiger partial charge in [0.2, 0.25) is 0 Å². The predicted octanol–water partition coefficient (Wildman–Crippen LogP) is 1.33. The second kappa shape index (κ2) is 7.00. The van der Waals surface area contributed by atoms with E-state index >= 15 is 0 Å². The van der Waals surface area contributed by atoms with E-state index in [4.69, 9.17) is 0 Å². The Bertz CT molecular complexity index is 728. The fraction of sp³-hybridized carbons (Fsp3) is 0.471. The Labute approximate surface area is 141 Å². The summed E-state index contributed by atoms with van der Waals surface area (Å²) in [5.41, 5.74) is 2.47. The zero-order chi connectivity index (χ0) is 17.1. The lowest BCUT2D eigenvalue weighted by Gasteiger charge is -2.22. The van der Waals surface area contributed by atoms with Crippen LogP contribution >= 0.6 is 0 Å². The predicted molar refractivity (Wildman–Crippen MR) is 90.7 cm³/mol. The van der Waals surface area contributed by atoms with Crippen molar-refractivity contribution in [3.05, 3.63) is 41.3 Å². The molecule has 7 nitrogen and oxygen atoms in total. The molecule has 0 aromatic carbocycles. The second-order valence-electron chi connectivity index (χ2n) is 6.15. The summed E-state index contributed by atoms with van der Waals surface area (Å²) >= 11 is 0. The molecule has 0 aliphatic carbocycles. The number of pyridine rings is 1. The van der Waals surface area contributed by atoms with Crippen molar-refractivity contribution in [2.75, 3.05) is 18.5 Å². The Hall–Kier alpha value is -2.41. The van der Waals surface area contributed by atoms with Crippen molar-refractivity contribution < 1.29 is 9.90 Å². The van der Waals surface area contributed by atoms with E-state index in [0.29, 0.717) is 24.6 Å². The van der Waals surface area contributed by atoms with Gasteiger partial charge >= 0.3 is 0 Å². The normalized spacial score (nSPS) is 17.3. The minimum Gasteiger partial charge on any atom is -0.394 e. The van der Waals surface area contributed by atoms with Crippen LogP contribution in [0.4, 0.5) is 5.82 Å². The van der Waals surface area contributed by atoms with Gasteiger partial charge in [0, 0.05) is 31.9 Å². The van der Waals surface area contributed by atoms with Gasteiger partial charge in [0.1, 0.15) is 11.5 Å². The van der Waals surface area contributed by atoms with E-state index < -0.39 is 0 Å². The molecule has 1 fully saturated rings. The van der Waals surface area contributed by atoms with Gasteiger partial charge in [-0.25, -0.2) is 4.98 Å². The molecule has 0 radical (unpaired) electrons. The monoisotopic (exact) mass is 329 g/mol. The Kier molecular flexibility index (Phi) is 4.80. The summed E-state index contributed by atoms with van der Waals surface area (Å²) < 4.78 is 1.78. The van der Waals surface area contributed by atoms with Gasteiger partial charge in [0.05, 0.1) is 18.3 Å². The first kappa shape index (κ1) is 16.4. The van der Waals surface area contributed by atoms with Gasteiger partial charge in [-0.15, -0.1) is 0 Å². The molecule has 1 saturated heterocycles. The number of aliphatic hydroxyl groups excluding tert-OH is 1. The first-order chi connectivity index (χ1) is 11.6. The van der Waals surface area contributed by atoms with Gasteiger partial charge in [-0.1, -0.05) is 6.07 Å². The van der Waals surface area contributed by atoms with Crippen molar-refractivity contribution in [3.8, 4) is 0 Å². The zero-order valence-electron chi connectivity index (χ0n) is 14.1. The van der Waals surface area contributed by atoms with E-state index in [1.165, 1.54) is 0 Å². The number of rotatable bonds is 5. The van der Waals surface area contributed by atoms with Gasteiger partial charge < -0.3 is 15.3 Å². The average Bonchev–Trinajstić information content (AvgIpc) is 3.18. The number of likely N-dealkylation sites (tertiary alicyclic amines) is 1. The zero-order valence-corrected chi connectivity index (χ0v) is 14.1. The number of aliphatic hydroxyl groups is 1. The number of aryl methyl sites for hydroxylation is 2. The summed E-state index contributed by atoms with van der Waals surface area (Å²) in [6.07, 6.45) is 3.74. The number of nitrogens with zero attached hydrogens (tertiary/aromatic N) is 4. The first-order valence-corrected chi connectivity index (χ1v) is 8.20. The highest BCUT2D eigenvalue weighted by atomic mass is 16.3. The van der Waals surface area contributed by atoms with Crippen LogP contribution in [0.15, 0.2) is 24.4 Å². The Morgan fingerprint density at radius 3 is 3.00 bits per heavy atom. The standard InChI is InChI=1S/C17H23N5O2/c1-12-13(10-21(2)20-12)9-18-16-7-3-6-15(19-16)17(24)22-8-4-5-14(22)11-23/h3,6-7,10,14,23H,4-5,8-9,11H2,1-2H3,(H,18,19)/t14-/m1/s1. The number of carbonyl (C=O) groups excluding carboxylic acids is 1. The molecule has 0 saturated carbocycles. The lowest BCUT2D eigenvalue weighted by atomic mass is 10.2. The molecule has 7 heteroatoms. The molecule has 24 heavy (non-hydrogen) atoms. The summed E-state index contributed by atoms with van der Waals surface area (Å²) in [5, 5.41) is 16.9. The van der Waals surface area contributed by atoms with Crippen LogP contribution in [-0.2, 0) is 13.6 Å². The highest BCUT2D eigenvalue weighted by molar-refractivity contribution is 5.93. The van der Waals surface area contributed by atoms with Gasteiger partial charge in [0.25, 0.3) is 5.91 Å². The van der Waals surface area contributed by atoms with E-state index in [1.807, 2.05) is 32.3 Å². The number of carbonyl (C=O) groups is 1. The third-order valence-corrected chi connectivity index (χ3v) is 4.39. The third kappa shape index (κ3) is 3.41. The van der Waals surface area contributed by atoms with Gasteiger partial charge in [0.15, 0.2) is 0 Å². The van der Waals surface area contributed by atoms with E-state index in [9.17, 15) is 9.90 Å². The minimum atomic E-state index is -0.118. The lowest BCUT2D eigenvalue weighted by molar-refractivity contribution is 0.0672. The maximum atomic E-state index is 12.6. The summed E-state index contributed by atoms with van der Waals surface area (Å²) in [6.45, 7) is 3.25. The van der Waals surface area contributed by atoms with Crippen molar-refractivity contribution in [1.82, 2.24) is 19.7 Å². The molecule has 0 unspecified atom stereocenters. The number of amides is 1. The van der Waals surface area contributed by atoms with Gasteiger partial charge in [-0.2, -0.15) is 5.10 Å². The third-order valence-electron chi connectivity index (χ3n) is 4.39. The van der Waals surface area contributed by atoms with Crippen molar-refractivity contribution in [2.24, 2.45) is 7.05 Å². The molecule has 2 aromatic heterocycles. The van der Waals surface area contributed by atoms with Gasteiger partial charge in [-0.05, 0) is 31.9 Å². The molecule has 1 amide bonds. The number of nitrogens with one attached hydrogen (secondary N) is 1. The van der Waals surface area contributed by atoms with E-state index in [-0.39, 0.29) is 18.6 Å². The number of aromatic nitrogens is 3. The van der Waals surface area contributed by atoms with Crippen molar-refractivity contribution in [1.29, 1.82) is 0 Å². The fourth-order valence-electron chi connectivity index (χ4n) is 3.10. The number of hydrogen-bond donors (Lipinski definition) is 2. The lowest BCUT2D eigenvalue weighted by Crippen LogP contribution is -2.38. The molecule has 1 aliphatic rings. The fourth-order valence-corrected chi connectivity index (χ4v) is 3.10. The Balaban J connectivity index is 1.69. The molecular weight excluding hydrogens is 306 g/mol. The van der Waals surface area contributed by atoms with Gasteiger partial charge in [-0.3, -0.25) is 9.48 Å². The number of hydrogen-bond acceptors (Lipinski definition) is 5. The maximum absolute atomic E-state index is 12.6. The molecule has 3 heterocycles. The molecule has 0 spiro atoms. The highest BCUT2D eigenvalue weighted by Crippen LogP contribution is 2.20. The molecule has 3 rings (SSSR count). The Morgan fingerprint density at radius 1 is 1.46 bits per heavy atom. The van der Waals surface area contributed by atoms with E-state index in [0.717, 1.165) is 24.1 Å². The molecule has 0 bridgehead atoms. The molecule has 2 aromatic rings. The quantitative estimate of drug-likeness (QED) is 0.865. The van der Waals surface area contributed by atoms with Crippen molar-refractivity contribution in [3.63, 3.8) is 0 Å². The van der Waals surface area contributed by atoms with Crippen molar-refractivity contribution >= 4 is 11.7 Å². The summed E-state index contributed by atoms with van der Waals surface area (Å²) in [7, 11) is 1.89. The molecule has 2 N–H and O–H groups in total. The molecule has 1 atom stereocenters. The topological polar surface area (TPSA) is 83.3 Å². The Morgan fingerprint density at radius 2 is 2.29 bits per heavy atom. The summed E-state index contributed by atoms with van der Waals surface area (Å²) in [4.78, 5) is 18.8. The van der Waals surface area contributed by atoms with E-state index in [2.05, 4.69) is 15.4 Å². The van der Waals surface area contributed by atoms with Crippen LogP contribution in [-0.4, -0.2) is 49.9 Å². The maximum Gasteiger partial charge on any atom is 0.272 e. The van der Waals surface area contributed by atoms with Crippen LogP contribution in [0.3, 0.4) is 0 Å². The average molecular weight is 329 g/mol. The summed E-state index contributed by atoms with van der Waals surface area (Å²) in [6, 6.07) is 5.29. The van der Waals surface area contributed by atoms with Crippen LogP contribution in [0.5, 0.6) is 0 Å². The largest absolute Gasteiger partial charge is 0.394 e. The highest BCUT2D eigenvalue weighted by Gasteiger charge is 2.29. The molecule has 128 valence electrons. The SMILES string of the molecule is Cc1nn(C)cc1CNc1cccc(C(=O)N2CCC[C@@H]2CO)n1. The van der Waals surface area contributed by atoms with Crippen LogP contribution in [0, 0.1) is 6.92 Å². The minimum absolute atomic E-state index is 0.00393. The van der Waals surface area contributed by atoms with Crippen LogP contribution in [0.25, 0.3) is 0 Å². The van der Waals surface area contributed by atoms with Crippen molar-refractivity contribution in [2.45, 2.75) is 32.4 Å². The smallest absolute Gasteiger partial charge is 0.272 e. The van der Waals surface area contributed by atoms with Crippen LogP contribution in [0.1, 0.15) is 34.6 Å². The second-order valence-corrected chi connectivity index (χ2v) is 6.15. The van der Waals surface area contributed by atoms with Crippen LogP contribution < -0.4 is 5.32 Å². The number of anilines is 1. The van der Waals surface area contributed by atoms with Crippen LogP contribution in [0.2, 0.25) is 0 Å². The molecule has 1 aliphatic heterocycles. The van der Waals surface area contributed by atoms with E-state index in [1.54, 1.807) is 15.6 Å².